The first-order chi connectivity index (χ1) is 5.24. The van der Waals surface area contributed by atoms with Gasteiger partial charge in [-0.1, -0.05) is 6.42 Å². The van der Waals surface area contributed by atoms with E-state index in [9.17, 15) is 4.79 Å². The van der Waals surface area contributed by atoms with Gasteiger partial charge in [-0.05, 0) is 12.8 Å². The number of carbonyl (C=O) groups excluding carboxylic acids is 1. The van der Waals surface area contributed by atoms with E-state index in [4.69, 9.17) is 10.8 Å². The predicted octanol–water partition coefficient (Wildman–Crippen LogP) is -0.184. The minimum absolute atomic E-state index is 0.0949. The van der Waals surface area contributed by atoms with Gasteiger partial charge in [-0.2, -0.15) is 0 Å². The molecule has 0 bridgehead atoms. The molecule has 1 aliphatic rings. The third kappa shape index (κ3) is 2.08. The summed E-state index contributed by atoms with van der Waals surface area (Å²) >= 11 is 0. The van der Waals surface area contributed by atoms with Crippen LogP contribution in [0, 0.1) is 5.92 Å². The zero-order chi connectivity index (χ0) is 8.27. The fourth-order valence-corrected chi connectivity index (χ4v) is 1.63. The van der Waals surface area contributed by atoms with E-state index in [2.05, 4.69) is 5.32 Å². The predicted molar refractivity (Wildman–Crippen MR) is 40.9 cm³/mol. The second kappa shape index (κ2) is 3.57. The van der Waals surface area contributed by atoms with Gasteiger partial charge in [0.15, 0.2) is 0 Å². The normalized spacial score (nSPS) is 30.3. The van der Waals surface area contributed by atoms with Gasteiger partial charge in [0.25, 0.3) is 0 Å². The number of carbonyl (C=O) groups is 1. The molecule has 11 heavy (non-hydrogen) atoms. The van der Waals surface area contributed by atoms with E-state index < -0.39 is 6.03 Å². The lowest BCUT2D eigenvalue weighted by atomic mass is 10.1. The minimum Gasteiger partial charge on any atom is -0.396 e. The van der Waals surface area contributed by atoms with Crippen LogP contribution in [0.5, 0.6) is 0 Å². The molecule has 0 radical (unpaired) electrons. The Hall–Kier alpha value is -0.770. The van der Waals surface area contributed by atoms with Crippen LogP contribution in [0.2, 0.25) is 0 Å². The molecule has 1 fully saturated rings. The molecule has 1 aliphatic carbocycles. The average Bonchev–Trinajstić information content (AvgIpc) is 2.34. The Labute approximate surface area is 65.8 Å². The highest BCUT2D eigenvalue weighted by molar-refractivity contribution is 5.72. The van der Waals surface area contributed by atoms with Crippen LogP contribution >= 0.6 is 0 Å². The molecule has 64 valence electrons. The summed E-state index contributed by atoms with van der Waals surface area (Å²) in [6.07, 6.45) is 2.99. The van der Waals surface area contributed by atoms with Crippen molar-refractivity contribution in [3.05, 3.63) is 0 Å². The summed E-state index contributed by atoms with van der Waals surface area (Å²) in [5.41, 5.74) is 4.96. The Kier molecular flexibility index (Phi) is 2.70. The van der Waals surface area contributed by atoms with Crippen molar-refractivity contribution >= 4 is 6.03 Å². The molecule has 0 aromatic rings. The number of aliphatic hydroxyl groups excluding tert-OH is 1. The molecular weight excluding hydrogens is 144 g/mol. The second-order valence-electron chi connectivity index (χ2n) is 2.99. The smallest absolute Gasteiger partial charge is 0.312 e. The molecule has 4 N–H and O–H groups in total. The van der Waals surface area contributed by atoms with Gasteiger partial charge in [0, 0.05) is 18.6 Å². The van der Waals surface area contributed by atoms with Crippen LogP contribution in [0.15, 0.2) is 0 Å². The lowest BCUT2D eigenvalue weighted by Crippen LogP contribution is -2.41. The fourth-order valence-electron chi connectivity index (χ4n) is 1.63. The summed E-state index contributed by atoms with van der Waals surface area (Å²) in [5, 5.41) is 11.5. The molecule has 0 saturated heterocycles. The topological polar surface area (TPSA) is 75.4 Å². The van der Waals surface area contributed by atoms with Gasteiger partial charge >= 0.3 is 6.03 Å². The second-order valence-corrected chi connectivity index (χ2v) is 2.99. The highest BCUT2D eigenvalue weighted by atomic mass is 16.3. The number of nitrogens with one attached hydrogen (secondary N) is 1. The summed E-state index contributed by atoms with van der Waals surface area (Å²) in [6.45, 7) is 0.144. The monoisotopic (exact) mass is 158 g/mol. The van der Waals surface area contributed by atoms with Crippen LogP contribution < -0.4 is 11.1 Å². The van der Waals surface area contributed by atoms with Crippen molar-refractivity contribution < 1.29 is 9.90 Å². The number of urea groups is 1. The summed E-state index contributed by atoms with van der Waals surface area (Å²) in [4.78, 5) is 10.4. The Morgan fingerprint density at radius 3 is 2.91 bits per heavy atom. The largest absolute Gasteiger partial charge is 0.396 e. The standard InChI is InChI=1S/C7H14N2O2/c8-7(11)9-6-3-1-2-5(6)4-10/h5-6,10H,1-4H2,(H3,8,9,11). The number of aliphatic hydroxyl groups is 1. The van der Waals surface area contributed by atoms with Gasteiger partial charge in [0.2, 0.25) is 0 Å². The quantitative estimate of drug-likeness (QED) is 0.521. The van der Waals surface area contributed by atoms with Crippen molar-refractivity contribution in [2.24, 2.45) is 11.7 Å². The molecule has 0 aromatic heterocycles. The molecule has 0 aromatic carbocycles. The fraction of sp³-hybridized carbons (Fsp3) is 0.857. The first-order valence-corrected chi connectivity index (χ1v) is 3.91. The Balaban J connectivity index is 2.37. The Bertz CT molecular complexity index is 149. The molecule has 0 heterocycles. The van der Waals surface area contributed by atoms with Crippen molar-refractivity contribution in [3.63, 3.8) is 0 Å². The lowest BCUT2D eigenvalue weighted by molar-refractivity contribution is 0.202. The maximum Gasteiger partial charge on any atom is 0.312 e. The van der Waals surface area contributed by atoms with Gasteiger partial charge in [-0.25, -0.2) is 4.79 Å². The van der Waals surface area contributed by atoms with E-state index in [1.165, 1.54) is 0 Å². The van der Waals surface area contributed by atoms with E-state index in [1.807, 2.05) is 0 Å². The molecule has 2 atom stereocenters. The van der Waals surface area contributed by atoms with E-state index in [-0.39, 0.29) is 18.6 Å². The van der Waals surface area contributed by atoms with Crippen molar-refractivity contribution in [3.8, 4) is 0 Å². The molecule has 2 unspecified atom stereocenters. The lowest BCUT2D eigenvalue weighted by Gasteiger charge is -2.16. The number of hydrogen-bond donors (Lipinski definition) is 3. The van der Waals surface area contributed by atoms with Gasteiger partial charge in [-0.3, -0.25) is 0 Å². The molecule has 2 amide bonds. The number of amides is 2. The van der Waals surface area contributed by atoms with Crippen LogP contribution in [-0.4, -0.2) is 23.8 Å². The molecular formula is C7H14N2O2. The Morgan fingerprint density at radius 2 is 2.36 bits per heavy atom. The first kappa shape index (κ1) is 8.33. The zero-order valence-electron chi connectivity index (χ0n) is 6.42. The van der Waals surface area contributed by atoms with Crippen LogP contribution in [0.4, 0.5) is 4.79 Å². The number of nitrogens with two attached hydrogens (primary N) is 1. The molecule has 4 heteroatoms. The third-order valence-corrected chi connectivity index (χ3v) is 2.22. The van der Waals surface area contributed by atoms with Gasteiger partial charge < -0.3 is 16.2 Å². The highest BCUT2D eigenvalue weighted by Gasteiger charge is 2.26. The Morgan fingerprint density at radius 1 is 1.64 bits per heavy atom. The first-order valence-electron chi connectivity index (χ1n) is 3.91. The molecule has 0 spiro atoms. The van der Waals surface area contributed by atoms with E-state index in [0.717, 1.165) is 19.3 Å². The summed E-state index contributed by atoms with van der Waals surface area (Å²) in [7, 11) is 0. The van der Waals surface area contributed by atoms with E-state index >= 15 is 0 Å². The van der Waals surface area contributed by atoms with Crippen LogP contribution in [0.3, 0.4) is 0 Å². The van der Waals surface area contributed by atoms with Gasteiger partial charge in [0.1, 0.15) is 0 Å². The van der Waals surface area contributed by atoms with E-state index in [1.54, 1.807) is 0 Å². The minimum atomic E-state index is -0.490. The van der Waals surface area contributed by atoms with Crippen molar-refractivity contribution in [2.45, 2.75) is 25.3 Å². The van der Waals surface area contributed by atoms with Crippen molar-refractivity contribution in [1.82, 2.24) is 5.32 Å². The third-order valence-electron chi connectivity index (χ3n) is 2.22. The average molecular weight is 158 g/mol. The molecule has 1 saturated carbocycles. The number of rotatable bonds is 2. The van der Waals surface area contributed by atoms with Crippen molar-refractivity contribution in [1.29, 1.82) is 0 Å². The highest BCUT2D eigenvalue weighted by Crippen LogP contribution is 2.24. The zero-order valence-corrected chi connectivity index (χ0v) is 6.42. The molecule has 0 aliphatic heterocycles. The SMILES string of the molecule is NC(=O)NC1CCCC1CO. The van der Waals surface area contributed by atoms with Crippen LogP contribution in [0.25, 0.3) is 0 Å². The molecule has 1 rings (SSSR count). The summed E-state index contributed by atoms with van der Waals surface area (Å²) < 4.78 is 0. The van der Waals surface area contributed by atoms with Crippen molar-refractivity contribution in [2.75, 3.05) is 6.61 Å². The summed E-state index contributed by atoms with van der Waals surface area (Å²) in [5.74, 6) is 0.211. The number of hydrogen-bond acceptors (Lipinski definition) is 2. The van der Waals surface area contributed by atoms with Gasteiger partial charge in [0.05, 0.1) is 0 Å². The summed E-state index contributed by atoms with van der Waals surface area (Å²) in [6, 6.07) is -0.396. The van der Waals surface area contributed by atoms with Crippen LogP contribution in [-0.2, 0) is 0 Å². The van der Waals surface area contributed by atoms with Gasteiger partial charge in [-0.15, -0.1) is 0 Å². The van der Waals surface area contributed by atoms with Crippen LogP contribution in [0.1, 0.15) is 19.3 Å². The van der Waals surface area contributed by atoms with E-state index in [0.29, 0.717) is 0 Å². The maximum absolute atomic E-state index is 10.4. The number of primary amides is 1. The molecule has 4 nitrogen and oxygen atoms in total. The maximum atomic E-state index is 10.4.